The SMILES string of the molecule is ON1CC[CH]CCC1. The van der Waals surface area contributed by atoms with Gasteiger partial charge in [-0.3, -0.25) is 0 Å². The second-order valence-electron chi connectivity index (χ2n) is 2.17. The van der Waals surface area contributed by atoms with Crippen molar-refractivity contribution in [1.82, 2.24) is 5.06 Å². The first-order chi connectivity index (χ1) is 3.89. The van der Waals surface area contributed by atoms with Gasteiger partial charge < -0.3 is 5.21 Å². The summed E-state index contributed by atoms with van der Waals surface area (Å²) in [5.74, 6) is 0. The lowest BCUT2D eigenvalue weighted by Crippen LogP contribution is -2.19. The Balaban J connectivity index is 2.17. The molecule has 0 bridgehead atoms. The van der Waals surface area contributed by atoms with Gasteiger partial charge in [0.05, 0.1) is 0 Å². The van der Waals surface area contributed by atoms with Gasteiger partial charge in [0.25, 0.3) is 0 Å². The summed E-state index contributed by atoms with van der Waals surface area (Å²) >= 11 is 0. The van der Waals surface area contributed by atoms with Gasteiger partial charge in [0.1, 0.15) is 0 Å². The van der Waals surface area contributed by atoms with Gasteiger partial charge in [-0.15, -0.1) is 0 Å². The third kappa shape index (κ3) is 1.80. The van der Waals surface area contributed by atoms with Gasteiger partial charge in [0.2, 0.25) is 0 Å². The summed E-state index contributed by atoms with van der Waals surface area (Å²) < 4.78 is 0. The molecule has 0 saturated carbocycles. The molecule has 8 heavy (non-hydrogen) atoms. The lowest BCUT2D eigenvalue weighted by atomic mass is 10.2. The van der Waals surface area contributed by atoms with Crippen molar-refractivity contribution in [2.45, 2.75) is 19.3 Å². The fourth-order valence-electron chi connectivity index (χ4n) is 0.915. The summed E-state index contributed by atoms with van der Waals surface area (Å²) in [4.78, 5) is 0. The van der Waals surface area contributed by atoms with Crippen LogP contribution in [0, 0.1) is 6.42 Å². The van der Waals surface area contributed by atoms with Gasteiger partial charge >= 0.3 is 0 Å². The van der Waals surface area contributed by atoms with E-state index in [0.717, 1.165) is 32.4 Å². The first-order valence-electron chi connectivity index (χ1n) is 3.15. The van der Waals surface area contributed by atoms with Crippen molar-refractivity contribution >= 4 is 0 Å². The van der Waals surface area contributed by atoms with E-state index in [4.69, 9.17) is 5.21 Å². The zero-order valence-corrected chi connectivity index (χ0v) is 5.01. The predicted molar refractivity (Wildman–Crippen MR) is 31.5 cm³/mol. The fraction of sp³-hybridized carbons (Fsp3) is 0.833. The van der Waals surface area contributed by atoms with Crippen LogP contribution in [-0.2, 0) is 0 Å². The van der Waals surface area contributed by atoms with E-state index in [2.05, 4.69) is 6.42 Å². The molecule has 47 valence electrons. The maximum absolute atomic E-state index is 8.90. The summed E-state index contributed by atoms with van der Waals surface area (Å²) in [7, 11) is 0. The van der Waals surface area contributed by atoms with Gasteiger partial charge in [-0.05, 0) is 25.7 Å². The van der Waals surface area contributed by atoms with Crippen LogP contribution in [0.25, 0.3) is 0 Å². The maximum Gasteiger partial charge on any atom is 0.0240 e. The Morgan fingerprint density at radius 2 is 2.12 bits per heavy atom. The molecule has 1 aliphatic rings. The Hall–Kier alpha value is -0.0800. The number of hydrogen-bond donors (Lipinski definition) is 1. The average molecular weight is 114 g/mol. The van der Waals surface area contributed by atoms with Gasteiger partial charge in [-0.2, -0.15) is 5.06 Å². The zero-order valence-electron chi connectivity index (χ0n) is 5.01. The molecular formula is C6H12NO. The standard InChI is InChI=1S/C6H12NO/c8-7-5-3-1-2-4-6-7/h1,8H,2-6H2. The molecule has 1 rings (SSSR count). The van der Waals surface area contributed by atoms with Crippen LogP contribution in [0.2, 0.25) is 0 Å². The molecule has 0 amide bonds. The molecule has 0 atom stereocenters. The predicted octanol–water partition coefficient (Wildman–Crippen LogP) is 1.07. The van der Waals surface area contributed by atoms with E-state index >= 15 is 0 Å². The molecule has 0 aliphatic carbocycles. The molecule has 1 heterocycles. The van der Waals surface area contributed by atoms with Crippen molar-refractivity contribution in [2.75, 3.05) is 13.1 Å². The molecule has 0 spiro atoms. The molecular weight excluding hydrogens is 102 g/mol. The number of rotatable bonds is 0. The highest BCUT2D eigenvalue weighted by Crippen LogP contribution is 2.05. The summed E-state index contributed by atoms with van der Waals surface area (Å²) in [6.45, 7) is 1.66. The van der Waals surface area contributed by atoms with Gasteiger partial charge in [0, 0.05) is 13.1 Å². The van der Waals surface area contributed by atoms with E-state index in [1.807, 2.05) is 0 Å². The van der Waals surface area contributed by atoms with Crippen molar-refractivity contribution in [2.24, 2.45) is 0 Å². The molecule has 1 saturated heterocycles. The zero-order chi connectivity index (χ0) is 5.82. The lowest BCUT2D eigenvalue weighted by molar-refractivity contribution is -0.0868. The summed E-state index contributed by atoms with van der Waals surface area (Å²) in [5.41, 5.74) is 0. The van der Waals surface area contributed by atoms with Crippen molar-refractivity contribution in [1.29, 1.82) is 0 Å². The van der Waals surface area contributed by atoms with Crippen LogP contribution < -0.4 is 0 Å². The Labute approximate surface area is 50.1 Å². The van der Waals surface area contributed by atoms with E-state index in [0.29, 0.717) is 0 Å². The first-order valence-corrected chi connectivity index (χ1v) is 3.15. The highest BCUT2D eigenvalue weighted by Gasteiger charge is 2.03. The number of hydroxylamine groups is 2. The van der Waals surface area contributed by atoms with Gasteiger partial charge in [0.15, 0.2) is 0 Å². The largest absolute Gasteiger partial charge is 0.314 e. The van der Waals surface area contributed by atoms with Crippen molar-refractivity contribution in [3.05, 3.63) is 6.42 Å². The van der Waals surface area contributed by atoms with E-state index in [1.165, 1.54) is 5.06 Å². The quantitative estimate of drug-likeness (QED) is 0.509. The van der Waals surface area contributed by atoms with E-state index in [9.17, 15) is 0 Å². The molecule has 1 N–H and O–H groups in total. The van der Waals surface area contributed by atoms with Crippen molar-refractivity contribution in [3.63, 3.8) is 0 Å². The fourth-order valence-corrected chi connectivity index (χ4v) is 0.915. The lowest BCUT2D eigenvalue weighted by Gasteiger charge is -2.08. The Morgan fingerprint density at radius 3 is 3.00 bits per heavy atom. The second-order valence-corrected chi connectivity index (χ2v) is 2.17. The van der Waals surface area contributed by atoms with E-state index in [1.54, 1.807) is 0 Å². The number of hydrogen-bond acceptors (Lipinski definition) is 2. The third-order valence-electron chi connectivity index (χ3n) is 1.42. The van der Waals surface area contributed by atoms with Crippen LogP contribution in [0.3, 0.4) is 0 Å². The average Bonchev–Trinajstić information content (AvgIpc) is 1.94. The minimum atomic E-state index is 0.819. The maximum atomic E-state index is 8.90. The highest BCUT2D eigenvalue weighted by molar-refractivity contribution is 4.69. The molecule has 0 aromatic heterocycles. The van der Waals surface area contributed by atoms with Gasteiger partial charge in [-0.1, -0.05) is 0 Å². The minimum Gasteiger partial charge on any atom is -0.314 e. The summed E-state index contributed by atoms with van der Waals surface area (Å²) in [5, 5.41) is 10.3. The topological polar surface area (TPSA) is 23.5 Å². The minimum absolute atomic E-state index is 0.819. The Kier molecular flexibility index (Phi) is 2.30. The van der Waals surface area contributed by atoms with Crippen LogP contribution in [-0.4, -0.2) is 23.4 Å². The van der Waals surface area contributed by atoms with E-state index in [-0.39, 0.29) is 0 Å². The summed E-state index contributed by atoms with van der Waals surface area (Å²) in [6.07, 6.45) is 5.54. The molecule has 0 aromatic rings. The number of nitrogens with zero attached hydrogens (tertiary/aromatic N) is 1. The second kappa shape index (κ2) is 3.05. The van der Waals surface area contributed by atoms with Crippen LogP contribution >= 0.6 is 0 Å². The molecule has 2 heteroatoms. The van der Waals surface area contributed by atoms with Crippen molar-refractivity contribution < 1.29 is 5.21 Å². The monoisotopic (exact) mass is 114 g/mol. The van der Waals surface area contributed by atoms with Gasteiger partial charge in [-0.25, -0.2) is 0 Å². The molecule has 0 aromatic carbocycles. The molecule has 2 nitrogen and oxygen atoms in total. The van der Waals surface area contributed by atoms with Crippen LogP contribution in [0.15, 0.2) is 0 Å². The highest BCUT2D eigenvalue weighted by atomic mass is 16.5. The summed E-state index contributed by atoms with van der Waals surface area (Å²) in [6, 6.07) is 0. The third-order valence-corrected chi connectivity index (χ3v) is 1.42. The molecule has 0 unspecified atom stereocenters. The molecule has 1 radical (unpaired) electrons. The first kappa shape index (κ1) is 6.05. The molecule has 1 fully saturated rings. The molecule has 1 aliphatic heterocycles. The van der Waals surface area contributed by atoms with Crippen LogP contribution in [0.1, 0.15) is 19.3 Å². The van der Waals surface area contributed by atoms with Crippen LogP contribution in [0.5, 0.6) is 0 Å². The normalized spacial score (nSPS) is 25.1. The van der Waals surface area contributed by atoms with E-state index < -0.39 is 0 Å². The Bertz CT molecular complexity index is 57.5. The Morgan fingerprint density at radius 1 is 1.25 bits per heavy atom. The smallest absolute Gasteiger partial charge is 0.0240 e. The van der Waals surface area contributed by atoms with Crippen LogP contribution in [0.4, 0.5) is 0 Å². The van der Waals surface area contributed by atoms with Crippen molar-refractivity contribution in [3.8, 4) is 0 Å².